The Bertz CT molecular complexity index is 944. The molecule has 0 atom stereocenters. The zero-order valence-corrected chi connectivity index (χ0v) is 20.1. The van der Waals surface area contributed by atoms with E-state index in [0.717, 1.165) is 48.7 Å². The average molecular weight is 439 g/mol. The lowest BCUT2D eigenvalue weighted by molar-refractivity contribution is -0.134. The third kappa shape index (κ3) is 5.01. The van der Waals surface area contributed by atoms with Crippen molar-refractivity contribution in [3.05, 3.63) is 36.0 Å². The number of fused-ring (bicyclic) bond motifs is 1. The Hall–Kier alpha value is -2.34. The van der Waals surface area contributed by atoms with E-state index in [0.29, 0.717) is 5.56 Å². The Morgan fingerprint density at radius 1 is 1.00 bits per heavy atom. The molecule has 2 saturated heterocycles. The second-order valence-corrected chi connectivity index (χ2v) is 10.7. The van der Waals surface area contributed by atoms with Crippen molar-refractivity contribution in [1.29, 1.82) is 0 Å². The number of likely N-dealkylation sites (tertiary alicyclic amines) is 2. The minimum absolute atomic E-state index is 0.0658. The maximum Gasteiger partial charge on any atom is 0.254 e. The molecule has 4 rings (SSSR count). The molecule has 3 heterocycles. The minimum atomic E-state index is -0.441. The van der Waals surface area contributed by atoms with Crippen LogP contribution >= 0.6 is 0 Å². The van der Waals surface area contributed by atoms with Crippen molar-refractivity contribution in [3.63, 3.8) is 0 Å². The van der Waals surface area contributed by atoms with Gasteiger partial charge in [-0.15, -0.1) is 0 Å². The molecule has 32 heavy (non-hydrogen) atoms. The zero-order chi connectivity index (χ0) is 22.9. The van der Waals surface area contributed by atoms with Crippen LogP contribution in [-0.2, 0) is 4.79 Å². The van der Waals surface area contributed by atoms with Gasteiger partial charge in [0.2, 0.25) is 5.91 Å². The van der Waals surface area contributed by atoms with Crippen molar-refractivity contribution < 1.29 is 9.59 Å². The van der Waals surface area contributed by atoms with Crippen LogP contribution in [0.15, 0.2) is 30.5 Å². The third-order valence-electron chi connectivity index (χ3n) is 7.47. The monoisotopic (exact) mass is 438 g/mol. The molecule has 0 saturated carbocycles. The lowest BCUT2D eigenvalue weighted by Gasteiger charge is -2.41. The molecule has 2 aliphatic rings. The van der Waals surface area contributed by atoms with Gasteiger partial charge in [-0.05, 0) is 102 Å². The number of rotatable bonds is 4. The van der Waals surface area contributed by atoms with Crippen LogP contribution in [0.5, 0.6) is 0 Å². The summed E-state index contributed by atoms with van der Waals surface area (Å²) in [6, 6.07) is 7.68. The molecule has 1 aromatic carbocycles. The normalized spacial score (nSPS) is 19.4. The highest BCUT2D eigenvalue weighted by Crippen LogP contribution is 2.32. The largest absolute Gasteiger partial charge is 0.361 e. The predicted molar refractivity (Wildman–Crippen MR) is 129 cm³/mol. The molecule has 0 unspecified atom stereocenters. The second-order valence-electron chi connectivity index (χ2n) is 10.7. The van der Waals surface area contributed by atoms with Crippen molar-refractivity contribution in [2.24, 2.45) is 11.8 Å². The number of amides is 2. The first-order valence-electron chi connectivity index (χ1n) is 12.1. The number of piperidine rings is 2. The molecular formula is C26H38N4O2. The number of nitrogens with zero attached hydrogens (tertiary/aromatic N) is 3. The molecule has 0 aliphatic carbocycles. The van der Waals surface area contributed by atoms with E-state index in [1.165, 1.54) is 25.9 Å². The molecule has 0 radical (unpaired) electrons. The molecule has 1 aromatic heterocycles. The van der Waals surface area contributed by atoms with Crippen LogP contribution in [0.4, 0.5) is 0 Å². The lowest BCUT2D eigenvalue weighted by atomic mass is 9.79. The van der Waals surface area contributed by atoms with Gasteiger partial charge in [0, 0.05) is 35.9 Å². The van der Waals surface area contributed by atoms with E-state index in [2.05, 4.69) is 16.9 Å². The number of hydrogen-bond donors (Lipinski definition) is 1. The summed E-state index contributed by atoms with van der Waals surface area (Å²) < 4.78 is 0. The maximum atomic E-state index is 13.4. The lowest BCUT2D eigenvalue weighted by Crippen LogP contribution is -2.52. The van der Waals surface area contributed by atoms with Gasteiger partial charge in [-0.1, -0.05) is 6.07 Å². The van der Waals surface area contributed by atoms with Crippen molar-refractivity contribution in [1.82, 2.24) is 19.7 Å². The quantitative estimate of drug-likeness (QED) is 0.785. The molecule has 174 valence electrons. The van der Waals surface area contributed by atoms with Gasteiger partial charge in [0.05, 0.1) is 0 Å². The van der Waals surface area contributed by atoms with Crippen molar-refractivity contribution in [2.75, 3.05) is 39.8 Å². The first kappa shape index (κ1) is 22.8. The first-order chi connectivity index (χ1) is 15.2. The summed E-state index contributed by atoms with van der Waals surface area (Å²) in [5.41, 5.74) is 1.11. The number of carbonyl (C=O) groups excluding carboxylic acids is 2. The number of hydrogen-bond acceptors (Lipinski definition) is 3. The van der Waals surface area contributed by atoms with E-state index in [1.807, 2.05) is 56.1 Å². The van der Waals surface area contributed by atoms with E-state index in [-0.39, 0.29) is 18.4 Å². The highest BCUT2D eigenvalue weighted by atomic mass is 16.2. The molecule has 1 N–H and O–H groups in total. The van der Waals surface area contributed by atoms with E-state index < -0.39 is 5.54 Å². The van der Waals surface area contributed by atoms with Gasteiger partial charge in [0.25, 0.3) is 5.91 Å². The summed E-state index contributed by atoms with van der Waals surface area (Å²) in [7, 11) is 2.20. The summed E-state index contributed by atoms with van der Waals surface area (Å²) in [6.45, 7) is 10.1. The number of benzene rings is 1. The number of carbonyl (C=O) groups is 2. The van der Waals surface area contributed by atoms with Crippen LogP contribution in [0.25, 0.3) is 10.9 Å². The fourth-order valence-corrected chi connectivity index (χ4v) is 5.31. The molecule has 2 amide bonds. The highest BCUT2D eigenvalue weighted by molar-refractivity contribution is 5.99. The molecular weight excluding hydrogens is 400 g/mol. The fourth-order valence-electron chi connectivity index (χ4n) is 5.31. The van der Waals surface area contributed by atoms with E-state index >= 15 is 0 Å². The molecule has 2 aromatic rings. The van der Waals surface area contributed by atoms with Gasteiger partial charge in [-0.3, -0.25) is 9.59 Å². The summed E-state index contributed by atoms with van der Waals surface area (Å²) >= 11 is 0. The average Bonchev–Trinajstić information content (AvgIpc) is 3.24. The van der Waals surface area contributed by atoms with Crippen molar-refractivity contribution in [2.45, 2.75) is 52.0 Å². The first-order valence-corrected chi connectivity index (χ1v) is 12.1. The molecule has 0 bridgehead atoms. The van der Waals surface area contributed by atoms with Gasteiger partial charge >= 0.3 is 0 Å². The van der Waals surface area contributed by atoms with Gasteiger partial charge in [0.15, 0.2) is 0 Å². The molecule has 6 nitrogen and oxygen atoms in total. The van der Waals surface area contributed by atoms with E-state index in [4.69, 9.17) is 0 Å². The Kier molecular flexibility index (Phi) is 6.61. The molecule has 0 spiro atoms. The van der Waals surface area contributed by atoms with Crippen LogP contribution in [0.3, 0.4) is 0 Å². The molecule has 6 heteroatoms. The Morgan fingerprint density at radius 2 is 1.62 bits per heavy atom. The van der Waals surface area contributed by atoms with Crippen molar-refractivity contribution in [3.8, 4) is 0 Å². The van der Waals surface area contributed by atoms with E-state index in [9.17, 15) is 9.59 Å². The van der Waals surface area contributed by atoms with Gasteiger partial charge in [0.1, 0.15) is 6.54 Å². The van der Waals surface area contributed by atoms with Crippen LogP contribution in [-0.4, -0.2) is 76.8 Å². The summed E-state index contributed by atoms with van der Waals surface area (Å²) in [5.74, 6) is 1.51. The SMILES string of the molecule is CN1CCC(C2CCN(C(=O)CN(C(=O)c3ccc4cc[nH]c4c3)C(C)(C)C)CC2)CC1. The Balaban J connectivity index is 1.38. The van der Waals surface area contributed by atoms with Gasteiger partial charge < -0.3 is 19.7 Å². The van der Waals surface area contributed by atoms with Crippen LogP contribution in [0, 0.1) is 11.8 Å². The van der Waals surface area contributed by atoms with Crippen LogP contribution in [0.1, 0.15) is 56.8 Å². The number of aromatic nitrogens is 1. The minimum Gasteiger partial charge on any atom is -0.361 e. The third-order valence-corrected chi connectivity index (χ3v) is 7.47. The van der Waals surface area contributed by atoms with Crippen molar-refractivity contribution >= 4 is 22.7 Å². The highest BCUT2D eigenvalue weighted by Gasteiger charge is 2.34. The summed E-state index contributed by atoms with van der Waals surface area (Å²) in [6.07, 6.45) is 6.62. The Morgan fingerprint density at radius 3 is 2.25 bits per heavy atom. The number of H-pyrrole nitrogens is 1. The van der Waals surface area contributed by atoms with Crippen LogP contribution in [0.2, 0.25) is 0 Å². The van der Waals surface area contributed by atoms with E-state index in [1.54, 1.807) is 4.90 Å². The molecule has 2 fully saturated rings. The maximum absolute atomic E-state index is 13.4. The zero-order valence-electron chi connectivity index (χ0n) is 20.1. The number of nitrogens with one attached hydrogen (secondary N) is 1. The van der Waals surface area contributed by atoms with Gasteiger partial charge in [-0.25, -0.2) is 0 Å². The predicted octanol–water partition coefficient (Wildman–Crippen LogP) is 3.99. The second kappa shape index (κ2) is 9.26. The Labute approximate surface area is 191 Å². The van der Waals surface area contributed by atoms with Crippen LogP contribution < -0.4 is 0 Å². The fraction of sp³-hybridized carbons (Fsp3) is 0.615. The smallest absolute Gasteiger partial charge is 0.254 e. The summed E-state index contributed by atoms with van der Waals surface area (Å²) in [4.78, 5) is 35.9. The summed E-state index contributed by atoms with van der Waals surface area (Å²) in [5, 5.41) is 1.08. The standard InChI is InChI=1S/C26H38N4O2/c1-26(2,3)30(25(32)22-6-5-21-7-12-27-23(21)17-22)18-24(31)29-15-10-20(11-16-29)19-8-13-28(4)14-9-19/h5-7,12,17,19-20,27H,8-11,13-16,18H2,1-4H3. The molecule has 2 aliphatic heterocycles. The van der Waals surface area contributed by atoms with Gasteiger partial charge in [-0.2, -0.15) is 0 Å². The number of aromatic amines is 1. The topological polar surface area (TPSA) is 59.6 Å².